The van der Waals surface area contributed by atoms with Gasteiger partial charge in [0.05, 0.1) is 4.90 Å². The predicted octanol–water partition coefficient (Wildman–Crippen LogP) is 3.55. The normalized spacial score (nSPS) is 13.2. The van der Waals surface area contributed by atoms with Gasteiger partial charge < -0.3 is 0 Å². The zero-order valence-corrected chi connectivity index (χ0v) is 11.4. The Bertz CT molecular complexity index is 579. The van der Waals surface area contributed by atoms with Crippen molar-refractivity contribution in [2.75, 3.05) is 0 Å². The minimum absolute atomic E-state index is 0.325. The SMILES string of the molecule is O=S(=O)(c1ccccc1)[C@@H](Br)c1ccccc1. The smallest absolute Gasteiger partial charge is 0.195 e. The third kappa shape index (κ3) is 2.58. The van der Waals surface area contributed by atoms with Crippen molar-refractivity contribution >= 4 is 25.8 Å². The summed E-state index contributed by atoms with van der Waals surface area (Å²) in [5.74, 6) is 0. The molecule has 0 spiro atoms. The van der Waals surface area contributed by atoms with Crippen LogP contribution in [-0.2, 0) is 9.84 Å². The lowest BCUT2D eigenvalue weighted by molar-refractivity contribution is 0.595. The third-order valence-electron chi connectivity index (χ3n) is 2.41. The molecule has 0 fully saturated rings. The van der Waals surface area contributed by atoms with Gasteiger partial charge >= 0.3 is 0 Å². The summed E-state index contributed by atoms with van der Waals surface area (Å²) in [5.41, 5.74) is 0.733. The van der Waals surface area contributed by atoms with Crippen molar-refractivity contribution in [3.63, 3.8) is 0 Å². The average Bonchev–Trinajstić information content (AvgIpc) is 2.40. The van der Waals surface area contributed by atoms with Crippen molar-refractivity contribution < 1.29 is 8.42 Å². The van der Waals surface area contributed by atoms with Gasteiger partial charge in [0, 0.05) is 0 Å². The van der Waals surface area contributed by atoms with E-state index in [1.165, 1.54) is 0 Å². The third-order valence-corrected chi connectivity index (χ3v) is 6.16. The Morgan fingerprint density at radius 2 is 1.29 bits per heavy atom. The summed E-state index contributed by atoms with van der Waals surface area (Å²) in [6, 6.07) is 17.5. The summed E-state index contributed by atoms with van der Waals surface area (Å²) in [4.78, 5) is 0.325. The molecule has 0 aliphatic rings. The number of sulfone groups is 1. The lowest BCUT2D eigenvalue weighted by Crippen LogP contribution is -2.07. The van der Waals surface area contributed by atoms with Crippen molar-refractivity contribution in [3.05, 3.63) is 66.2 Å². The van der Waals surface area contributed by atoms with Crippen LogP contribution in [0.2, 0.25) is 0 Å². The molecule has 17 heavy (non-hydrogen) atoms. The highest BCUT2D eigenvalue weighted by atomic mass is 79.9. The molecule has 88 valence electrons. The number of hydrogen-bond acceptors (Lipinski definition) is 2. The second kappa shape index (κ2) is 5.02. The van der Waals surface area contributed by atoms with Gasteiger partial charge in [-0.15, -0.1) is 0 Å². The summed E-state index contributed by atoms with van der Waals surface area (Å²) in [5, 5.41) is 0. The van der Waals surface area contributed by atoms with E-state index in [1.807, 2.05) is 18.2 Å². The van der Waals surface area contributed by atoms with Gasteiger partial charge in [-0.2, -0.15) is 0 Å². The van der Waals surface area contributed by atoms with Crippen LogP contribution in [0.5, 0.6) is 0 Å². The van der Waals surface area contributed by atoms with Crippen LogP contribution in [0.4, 0.5) is 0 Å². The molecule has 0 N–H and O–H groups in total. The summed E-state index contributed by atoms with van der Waals surface area (Å²) in [6.07, 6.45) is 0. The van der Waals surface area contributed by atoms with Crippen LogP contribution in [0.25, 0.3) is 0 Å². The quantitative estimate of drug-likeness (QED) is 0.812. The molecule has 4 heteroatoms. The molecule has 0 saturated heterocycles. The molecule has 2 rings (SSSR count). The van der Waals surface area contributed by atoms with E-state index in [0.29, 0.717) is 4.90 Å². The van der Waals surface area contributed by atoms with Crippen LogP contribution < -0.4 is 0 Å². The van der Waals surface area contributed by atoms with Crippen molar-refractivity contribution in [1.82, 2.24) is 0 Å². The van der Waals surface area contributed by atoms with Gasteiger partial charge in [0.2, 0.25) is 0 Å². The summed E-state index contributed by atoms with van der Waals surface area (Å²) in [6.45, 7) is 0. The first kappa shape index (κ1) is 12.3. The fourth-order valence-corrected chi connectivity index (χ4v) is 3.76. The van der Waals surface area contributed by atoms with Crippen molar-refractivity contribution in [1.29, 1.82) is 0 Å². The molecule has 0 saturated carbocycles. The van der Waals surface area contributed by atoms with Crippen LogP contribution in [0.3, 0.4) is 0 Å². The standard InChI is InChI=1S/C13H11BrO2S/c14-13(11-7-3-1-4-8-11)17(15,16)12-9-5-2-6-10-12/h1-10,13H/t13-/m1/s1. The van der Waals surface area contributed by atoms with Crippen molar-refractivity contribution in [2.45, 2.75) is 9.05 Å². The van der Waals surface area contributed by atoms with Gasteiger partial charge in [-0.1, -0.05) is 64.5 Å². The molecule has 0 heterocycles. The molecule has 2 nitrogen and oxygen atoms in total. The van der Waals surface area contributed by atoms with Crippen molar-refractivity contribution in [3.8, 4) is 0 Å². The molecule has 0 bridgehead atoms. The highest BCUT2D eigenvalue weighted by Crippen LogP contribution is 2.33. The summed E-state index contributed by atoms with van der Waals surface area (Å²) in [7, 11) is -3.38. The van der Waals surface area contributed by atoms with Crippen molar-refractivity contribution in [2.24, 2.45) is 0 Å². The van der Waals surface area contributed by atoms with Gasteiger partial charge in [-0.05, 0) is 17.7 Å². The van der Waals surface area contributed by atoms with Crippen LogP contribution in [0.1, 0.15) is 9.72 Å². The maximum absolute atomic E-state index is 12.3. The largest absolute Gasteiger partial charge is 0.222 e. The summed E-state index contributed by atoms with van der Waals surface area (Å²) < 4.78 is 23.9. The van der Waals surface area contributed by atoms with Crippen LogP contribution in [-0.4, -0.2) is 8.42 Å². The molecule has 0 unspecified atom stereocenters. The zero-order valence-electron chi connectivity index (χ0n) is 8.95. The minimum atomic E-state index is -3.38. The first-order chi connectivity index (χ1) is 8.12. The number of hydrogen-bond donors (Lipinski definition) is 0. The zero-order chi connectivity index (χ0) is 12.3. The molecule has 0 amide bonds. The maximum atomic E-state index is 12.3. The monoisotopic (exact) mass is 310 g/mol. The first-order valence-electron chi connectivity index (χ1n) is 5.10. The molecule has 1 atom stereocenters. The Labute approximate surface area is 109 Å². The molecule has 2 aromatic carbocycles. The topological polar surface area (TPSA) is 34.1 Å². The molecule has 0 aromatic heterocycles. The molecular weight excluding hydrogens is 300 g/mol. The molecule has 0 aliphatic carbocycles. The van der Waals surface area contributed by atoms with Crippen LogP contribution >= 0.6 is 15.9 Å². The van der Waals surface area contributed by atoms with Gasteiger partial charge in [-0.3, -0.25) is 0 Å². The highest BCUT2D eigenvalue weighted by molar-refractivity contribution is 9.10. The fourth-order valence-electron chi connectivity index (χ4n) is 1.51. The van der Waals surface area contributed by atoms with E-state index in [0.717, 1.165) is 5.56 Å². The Morgan fingerprint density at radius 3 is 1.82 bits per heavy atom. The van der Waals surface area contributed by atoms with E-state index >= 15 is 0 Å². The molecule has 0 aliphatic heterocycles. The van der Waals surface area contributed by atoms with E-state index in [9.17, 15) is 8.42 Å². The Morgan fingerprint density at radius 1 is 0.824 bits per heavy atom. The Hall–Kier alpha value is -1.13. The number of alkyl halides is 1. The van der Waals surface area contributed by atoms with Gasteiger partial charge in [0.15, 0.2) is 9.84 Å². The minimum Gasteiger partial charge on any atom is -0.222 e. The molecule has 0 radical (unpaired) electrons. The Balaban J connectivity index is 2.41. The predicted molar refractivity (Wildman–Crippen MR) is 71.7 cm³/mol. The lowest BCUT2D eigenvalue weighted by Gasteiger charge is -2.11. The second-order valence-electron chi connectivity index (χ2n) is 3.58. The number of rotatable bonds is 3. The number of halogens is 1. The van der Waals surface area contributed by atoms with Crippen LogP contribution in [0.15, 0.2) is 65.6 Å². The second-order valence-corrected chi connectivity index (χ2v) is 7.14. The fraction of sp³-hybridized carbons (Fsp3) is 0.0769. The average molecular weight is 311 g/mol. The van der Waals surface area contributed by atoms with Gasteiger partial charge in [-0.25, -0.2) is 8.42 Å². The van der Waals surface area contributed by atoms with E-state index < -0.39 is 14.0 Å². The van der Waals surface area contributed by atoms with E-state index in [1.54, 1.807) is 42.5 Å². The molecular formula is C13H11BrO2S. The highest BCUT2D eigenvalue weighted by Gasteiger charge is 2.25. The maximum Gasteiger partial charge on any atom is 0.195 e. The summed E-state index contributed by atoms with van der Waals surface area (Å²) >= 11 is 3.26. The van der Waals surface area contributed by atoms with E-state index in [2.05, 4.69) is 15.9 Å². The Kier molecular flexibility index (Phi) is 3.64. The van der Waals surface area contributed by atoms with Gasteiger partial charge in [0.25, 0.3) is 0 Å². The van der Waals surface area contributed by atoms with Crippen LogP contribution in [0, 0.1) is 0 Å². The van der Waals surface area contributed by atoms with E-state index in [4.69, 9.17) is 0 Å². The van der Waals surface area contributed by atoms with E-state index in [-0.39, 0.29) is 0 Å². The molecule has 2 aromatic rings. The van der Waals surface area contributed by atoms with Gasteiger partial charge in [0.1, 0.15) is 4.16 Å². The first-order valence-corrected chi connectivity index (χ1v) is 7.56. The lowest BCUT2D eigenvalue weighted by atomic mass is 10.2. The number of benzene rings is 2.